The Labute approximate surface area is 113 Å². The highest BCUT2D eigenvalue weighted by molar-refractivity contribution is 7.99. The Balaban J connectivity index is 1.58. The van der Waals surface area contributed by atoms with E-state index in [2.05, 4.69) is 45.9 Å². The zero-order valence-electron chi connectivity index (χ0n) is 10.5. The first-order chi connectivity index (χ1) is 8.34. The Kier molecular flexibility index (Phi) is 5.85. The van der Waals surface area contributed by atoms with Crippen molar-refractivity contribution in [2.45, 2.75) is 24.6 Å². The van der Waals surface area contributed by atoms with E-state index in [-0.39, 0.29) is 0 Å². The van der Waals surface area contributed by atoms with Crippen LogP contribution in [-0.2, 0) is 6.54 Å². The molecule has 0 saturated carbocycles. The van der Waals surface area contributed by atoms with Gasteiger partial charge in [-0.1, -0.05) is 0 Å². The third-order valence-electron chi connectivity index (χ3n) is 3.15. The summed E-state index contributed by atoms with van der Waals surface area (Å²) in [4.78, 5) is 2.43. The van der Waals surface area contributed by atoms with E-state index in [9.17, 15) is 0 Å². The number of thioether (sulfide) groups is 1. The summed E-state index contributed by atoms with van der Waals surface area (Å²) < 4.78 is 0. The third kappa shape index (κ3) is 5.00. The fourth-order valence-electron chi connectivity index (χ4n) is 2.11. The number of nitrogens with one attached hydrogen (secondary N) is 1. The molecule has 1 aliphatic heterocycles. The molecule has 4 heteroatoms. The Hall–Kier alpha value is -0.0300. The lowest BCUT2D eigenvalue weighted by Crippen LogP contribution is -2.30. The number of hydrogen-bond donors (Lipinski definition) is 1. The topological polar surface area (TPSA) is 15.3 Å². The number of hydrogen-bond acceptors (Lipinski definition) is 4. The zero-order valence-corrected chi connectivity index (χ0v) is 12.2. The van der Waals surface area contributed by atoms with E-state index in [0.717, 1.165) is 11.8 Å². The van der Waals surface area contributed by atoms with E-state index >= 15 is 0 Å². The molecule has 1 saturated heterocycles. The molecule has 1 N–H and O–H groups in total. The summed E-state index contributed by atoms with van der Waals surface area (Å²) in [5, 5.41) is 8.72. The Morgan fingerprint density at radius 2 is 2.29 bits per heavy atom. The van der Waals surface area contributed by atoms with Gasteiger partial charge in [0.25, 0.3) is 0 Å². The summed E-state index contributed by atoms with van der Waals surface area (Å²) in [6.45, 7) is 4.71. The van der Waals surface area contributed by atoms with E-state index in [1.165, 1.54) is 43.8 Å². The van der Waals surface area contributed by atoms with E-state index in [0.29, 0.717) is 0 Å². The van der Waals surface area contributed by atoms with Crippen molar-refractivity contribution in [1.29, 1.82) is 0 Å². The fraction of sp³-hybridized carbons (Fsp3) is 0.692. The van der Waals surface area contributed by atoms with Crippen LogP contribution >= 0.6 is 23.1 Å². The minimum atomic E-state index is 0.894. The van der Waals surface area contributed by atoms with Crippen LogP contribution < -0.4 is 5.32 Å². The molecule has 2 nitrogen and oxygen atoms in total. The SMILES string of the molecule is CN(CCSC1CCNCC1)Cc1ccsc1. The minimum absolute atomic E-state index is 0.894. The lowest BCUT2D eigenvalue weighted by molar-refractivity contribution is 0.349. The van der Waals surface area contributed by atoms with Crippen LogP contribution in [0.5, 0.6) is 0 Å². The van der Waals surface area contributed by atoms with Crippen LogP contribution in [0.3, 0.4) is 0 Å². The lowest BCUT2D eigenvalue weighted by atomic mass is 10.2. The van der Waals surface area contributed by atoms with E-state index < -0.39 is 0 Å². The van der Waals surface area contributed by atoms with E-state index in [1.807, 2.05) is 0 Å². The maximum absolute atomic E-state index is 3.42. The Morgan fingerprint density at radius 3 is 3.00 bits per heavy atom. The van der Waals surface area contributed by atoms with Gasteiger partial charge >= 0.3 is 0 Å². The van der Waals surface area contributed by atoms with Crippen LogP contribution in [0.4, 0.5) is 0 Å². The van der Waals surface area contributed by atoms with Gasteiger partial charge in [-0.15, -0.1) is 0 Å². The molecular formula is C13H22N2S2. The number of piperidine rings is 1. The normalized spacial score (nSPS) is 17.8. The van der Waals surface area contributed by atoms with Crippen molar-refractivity contribution in [2.75, 3.05) is 32.4 Å². The van der Waals surface area contributed by atoms with Crippen molar-refractivity contribution in [3.63, 3.8) is 0 Å². The molecule has 96 valence electrons. The highest BCUT2D eigenvalue weighted by atomic mass is 32.2. The summed E-state index contributed by atoms with van der Waals surface area (Å²) in [5.74, 6) is 1.27. The second-order valence-corrected chi connectivity index (χ2v) is 6.88. The minimum Gasteiger partial charge on any atom is -0.317 e. The van der Waals surface area contributed by atoms with Crippen molar-refractivity contribution < 1.29 is 0 Å². The average Bonchev–Trinajstić information content (AvgIpc) is 2.83. The molecule has 1 aliphatic rings. The summed E-state index contributed by atoms with van der Waals surface area (Å²) >= 11 is 3.95. The lowest BCUT2D eigenvalue weighted by Gasteiger charge is -2.23. The number of thiophene rings is 1. The van der Waals surface area contributed by atoms with Gasteiger partial charge in [0.1, 0.15) is 0 Å². The molecule has 0 aromatic carbocycles. The average molecular weight is 270 g/mol. The molecule has 0 unspecified atom stereocenters. The van der Waals surface area contributed by atoms with Gasteiger partial charge < -0.3 is 10.2 Å². The Bertz CT molecular complexity index is 294. The van der Waals surface area contributed by atoms with Gasteiger partial charge in [-0.2, -0.15) is 23.1 Å². The van der Waals surface area contributed by atoms with E-state index in [1.54, 1.807) is 11.3 Å². The maximum Gasteiger partial charge on any atom is 0.0239 e. The van der Waals surface area contributed by atoms with Crippen LogP contribution in [0.1, 0.15) is 18.4 Å². The molecule has 2 heterocycles. The van der Waals surface area contributed by atoms with Gasteiger partial charge in [-0.05, 0) is 55.4 Å². The van der Waals surface area contributed by atoms with Crippen LogP contribution in [-0.4, -0.2) is 42.6 Å². The molecule has 0 aliphatic carbocycles. The summed E-state index contributed by atoms with van der Waals surface area (Å²) in [6, 6.07) is 2.22. The van der Waals surface area contributed by atoms with Crippen LogP contribution in [0.25, 0.3) is 0 Å². The van der Waals surface area contributed by atoms with Gasteiger partial charge in [-0.25, -0.2) is 0 Å². The molecule has 0 atom stereocenters. The maximum atomic E-state index is 3.42. The summed E-state index contributed by atoms with van der Waals surface area (Å²) in [7, 11) is 2.22. The molecule has 0 amide bonds. The van der Waals surface area contributed by atoms with Gasteiger partial charge in [0.2, 0.25) is 0 Å². The fourth-order valence-corrected chi connectivity index (χ4v) is 4.09. The van der Waals surface area contributed by atoms with Crippen LogP contribution in [0, 0.1) is 0 Å². The smallest absolute Gasteiger partial charge is 0.0239 e. The monoisotopic (exact) mass is 270 g/mol. The van der Waals surface area contributed by atoms with Crippen molar-refractivity contribution in [3.8, 4) is 0 Å². The van der Waals surface area contributed by atoms with Gasteiger partial charge in [-0.3, -0.25) is 0 Å². The predicted octanol–water partition coefficient (Wildman–Crippen LogP) is 2.67. The molecule has 1 aromatic rings. The molecule has 0 spiro atoms. The standard InChI is InChI=1S/C13H22N2S2/c1-15(10-12-4-8-16-11-12)7-9-17-13-2-5-14-6-3-13/h4,8,11,13-14H,2-3,5-7,9-10H2,1H3. The highest BCUT2D eigenvalue weighted by Crippen LogP contribution is 2.20. The second-order valence-electron chi connectivity index (χ2n) is 4.69. The molecule has 2 rings (SSSR count). The van der Waals surface area contributed by atoms with Crippen LogP contribution in [0.2, 0.25) is 0 Å². The first kappa shape index (κ1) is 13.4. The van der Waals surface area contributed by atoms with Gasteiger partial charge in [0, 0.05) is 24.1 Å². The molecule has 17 heavy (non-hydrogen) atoms. The van der Waals surface area contributed by atoms with Gasteiger partial charge in [0.05, 0.1) is 0 Å². The molecule has 0 radical (unpaired) electrons. The summed E-state index contributed by atoms with van der Waals surface area (Å²) in [6.07, 6.45) is 2.69. The number of rotatable bonds is 6. The zero-order chi connectivity index (χ0) is 11.9. The highest BCUT2D eigenvalue weighted by Gasteiger charge is 2.13. The largest absolute Gasteiger partial charge is 0.317 e. The first-order valence-corrected chi connectivity index (χ1v) is 8.35. The van der Waals surface area contributed by atoms with Crippen LogP contribution in [0.15, 0.2) is 16.8 Å². The molecule has 1 fully saturated rings. The predicted molar refractivity (Wildman–Crippen MR) is 79.0 cm³/mol. The quantitative estimate of drug-likeness (QED) is 0.855. The summed E-state index contributed by atoms with van der Waals surface area (Å²) in [5.41, 5.74) is 1.45. The second kappa shape index (κ2) is 7.41. The van der Waals surface area contributed by atoms with Crippen molar-refractivity contribution >= 4 is 23.1 Å². The van der Waals surface area contributed by atoms with Crippen molar-refractivity contribution in [3.05, 3.63) is 22.4 Å². The molecular weight excluding hydrogens is 248 g/mol. The molecule has 0 bridgehead atoms. The molecule has 1 aromatic heterocycles. The van der Waals surface area contributed by atoms with E-state index in [4.69, 9.17) is 0 Å². The van der Waals surface area contributed by atoms with Crippen molar-refractivity contribution in [1.82, 2.24) is 10.2 Å². The first-order valence-electron chi connectivity index (χ1n) is 6.36. The van der Waals surface area contributed by atoms with Gasteiger partial charge in [0.15, 0.2) is 0 Å². The number of nitrogens with zero attached hydrogens (tertiary/aromatic N) is 1. The van der Waals surface area contributed by atoms with Crippen molar-refractivity contribution in [2.24, 2.45) is 0 Å². The Morgan fingerprint density at radius 1 is 1.47 bits per heavy atom. The third-order valence-corrected chi connectivity index (χ3v) is 5.24.